The predicted octanol–water partition coefficient (Wildman–Crippen LogP) is 4.03. The lowest BCUT2D eigenvalue weighted by molar-refractivity contribution is 0.392. The second kappa shape index (κ2) is 4.52. The first kappa shape index (κ1) is 12.2. The number of aromatic nitrogens is 2. The summed E-state index contributed by atoms with van der Waals surface area (Å²) in [5.74, 6) is 1.22. The maximum Gasteiger partial charge on any atom is 0.110 e. The Morgan fingerprint density at radius 3 is 2.53 bits per heavy atom. The summed E-state index contributed by atoms with van der Waals surface area (Å²) in [5, 5.41) is 0. The van der Waals surface area contributed by atoms with Gasteiger partial charge < -0.3 is 4.57 Å². The summed E-state index contributed by atoms with van der Waals surface area (Å²) in [7, 11) is 0. The minimum Gasteiger partial charge on any atom is -0.328 e. The minimum atomic E-state index is 0.285. The number of hydrogen-bond acceptors (Lipinski definition) is 1. The lowest BCUT2D eigenvalue weighted by atomic mass is 9.92. The quantitative estimate of drug-likeness (QED) is 0.778. The summed E-state index contributed by atoms with van der Waals surface area (Å²) in [5.41, 5.74) is 2.68. The van der Waals surface area contributed by atoms with E-state index in [0.717, 1.165) is 24.9 Å². The first-order valence-corrected chi connectivity index (χ1v) is 6.45. The summed E-state index contributed by atoms with van der Waals surface area (Å²) in [4.78, 5) is 4.78. The van der Waals surface area contributed by atoms with Crippen LogP contribution in [0.1, 0.15) is 39.9 Å². The van der Waals surface area contributed by atoms with Crippen molar-refractivity contribution in [2.75, 3.05) is 0 Å². The van der Waals surface area contributed by atoms with Crippen LogP contribution in [0.4, 0.5) is 0 Å². The molecule has 0 saturated carbocycles. The van der Waals surface area contributed by atoms with Crippen molar-refractivity contribution in [2.24, 2.45) is 5.41 Å². The highest BCUT2D eigenvalue weighted by Crippen LogP contribution is 2.24. The fourth-order valence-corrected chi connectivity index (χ4v) is 2.21. The van der Waals surface area contributed by atoms with E-state index in [1.165, 1.54) is 11.3 Å². The summed E-state index contributed by atoms with van der Waals surface area (Å²) in [6.07, 6.45) is 2.18. The zero-order valence-corrected chi connectivity index (χ0v) is 11.3. The maximum absolute atomic E-state index is 4.78. The van der Waals surface area contributed by atoms with Crippen molar-refractivity contribution in [1.29, 1.82) is 0 Å². The summed E-state index contributed by atoms with van der Waals surface area (Å²) < 4.78 is 2.38. The Morgan fingerprint density at radius 1 is 1.18 bits per heavy atom. The third-order valence-electron chi connectivity index (χ3n) is 2.87. The Labute approximate surface area is 104 Å². The van der Waals surface area contributed by atoms with Crippen LogP contribution in [0.3, 0.4) is 0 Å². The molecule has 0 aliphatic carbocycles. The van der Waals surface area contributed by atoms with E-state index in [9.17, 15) is 0 Å². The van der Waals surface area contributed by atoms with Crippen LogP contribution in [0, 0.1) is 5.41 Å². The van der Waals surface area contributed by atoms with Gasteiger partial charge >= 0.3 is 0 Å². The molecule has 0 N–H and O–H groups in total. The van der Waals surface area contributed by atoms with Gasteiger partial charge in [0, 0.05) is 13.0 Å². The Bertz CT molecular complexity index is 503. The summed E-state index contributed by atoms with van der Waals surface area (Å²) in [6.45, 7) is 10.1. The zero-order valence-electron chi connectivity index (χ0n) is 11.3. The summed E-state index contributed by atoms with van der Waals surface area (Å²) in [6, 6.07) is 8.43. The number of para-hydroxylation sites is 2. The first-order chi connectivity index (χ1) is 8.01. The zero-order chi connectivity index (χ0) is 12.5. The molecule has 0 spiro atoms. The van der Waals surface area contributed by atoms with E-state index < -0.39 is 0 Å². The Hall–Kier alpha value is -1.31. The molecule has 17 heavy (non-hydrogen) atoms. The third-order valence-corrected chi connectivity index (χ3v) is 2.87. The Morgan fingerprint density at radius 2 is 1.88 bits per heavy atom. The molecule has 1 aromatic carbocycles. The highest BCUT2D eigenvalue weighted by atomic mass is 15.1. The SMILES string of the molecule is CCCn1c(CC(C)(C)C)nc2ccccc21. The normalized spacial score (nSPS) is 12.2. The molecule has 0 atom stereocenters. The van der Waals surface area contributed by atoms with E-state index >= 15 is 0 Å². The Kier molecular flexibility index (Phi) is 3.23. The van der Waals surface area contributed by atoms with Gasteiger partial charge in [-0.1, -0.05) is 39.8 Å². The first-order valence-electron chi connectivity index (χ1n) is 6.45. The fourth-order valence-electron chi connectivity index (χ4n) is 2.21. The van der Waals surface area contributed by atoms with E-state index in [1.54, 1.807) is 0 Å². The molecule has 2 rings (SSSR count). The van der Waals surface area contributed by atoms with Crippen LogP contribution in [0.25, 0.3) is 11.0 Å². The molecular formula is C15H22N2. The second-order valence-corrected chi connectivity index (χ2v) is 5.91. The number of fused-ring (bicyclic) bond motifs is 1. The molecule has 2 aromatic rings. The molecule has 2 heteroatoms. The van der Waals surface area contributed by atoms with Crippen molar-refractivity contribution in [3.05, 3.63) is 30.1 Å². The molecule has 0 aliphatic heterocycles. The van der Waals surface area contributed by atoms with Gasteiger partial charge in [0.05, 0.1) is 11.0 Å². The average Bonchev–Trinajstić information content (AvgIpc) is 2.55. The van der Waals surface area contributed by atoms with Crippen LogP contribution in [0.5, 0.6) is 0 Å². The van der Waals surface area contributed by atoms with Gasteiger partial charge in [0.2, 0.25) is 0 Å². The minimum absolute atomic E-state index is 0.285. The molecule has 2 nitrogen and oxygen atoms in total. The van der Waals surface area contributed by atoms with Gasteiger partial charge in [-0.25, -0.2) is 4.98 Å². The summed E-state index contributed by atoms with van der Waals surface area (Å²) >= 11 is 0. The molecule has 0 bridgehead atoms. The van der Waals surface area contributed by atoms with Crippen molar-refractivity contribution in [3.8, 4) is 0 Å². The van der Waals surface area contributed by atoms with Crippen LogP contribution in [-0.2, 0) is 13.0 Å². The molecule has 0 amide bonds. The number of nitrogens with zero attached hydrogens (tertiary/aromatic N) is 2. The van der Waals surface area contributed by atoms with Crippen molar-refractivity contribution in [1.82, 2.24) is 9.55 Å². The Balaban J connectivity index is 2.49. The van der Waals surface area contributed by atoms with Crippen molar-refractivity contribution in [2.45, 2.75) is 47.1 Å². The predicted molar refractivity (Wildman–Crippen MR) is 73.2 cm³/mol. The molecule has 1 heterocycles. The number of imidazole rings is 1. The monoisotopic (exact) mass is 230 g/mol. The lowest BCUT2D eigenvalue weighted by Crippen LogP contribution is -2.14. The van der Waals surface area contributed by atoms with Gasteiger partial charge in [-0.2, -0.15) is 0 Å². The fraction of sp³-hybridized carbons (Fsp3) is 0.533. The molecular weight excluding hydrogens is 208 g/mol. The van der Waals surface area contributed by atoms with E-state index in [-0.39, 0.29) is 5.41 Å². The van der Waals surface area contributed by atoms with Gasteiger partial charge in [-0.05, 0) is 24.0 Å². The largest absolute Gasteiger partial charge is 0.328 e. The number of rotatable bonds is 3. The second-order valence-electron chi connectivity index (χ2n) is 5.91. The third kappa shape index (κ3) is 2.68. The maximum atomic E-state index is 4.78. The molecule has 1 aromatic heterocycles. The van der Waals surface area contributed by atoms with Crippen LogP contribution in [0.15, 0.2) is 24.3 Å². The van der Waals surface area contributed by atoms with E-state index in [0.29, 0.717) is 0 Å². The van der Waals surface area contributed by atoms with E-state index in [1.807, 2.05) is 0 Å². The average molecular weight is 230 g/mol. The van der Waals surface area contributed by atoms with Crippen LogP contribution >= 0.6 is 0 Å². The van der Waals surface area contributed by atoms with Crippen molar-refractivity contribution >= 4 is 11.0 Å². The van der Waals surface area contributed by atoms with E-state index in [4.69, 9.17) is 4.98 Å². The number of benzene rings is 1. The standard InChI is InChI=1S/C15H22N2/c1-5-10-17-13-9-7-6-8-12(13)16-14(17)11-15(2,3)4/h6-9H,5,10-11H2,1-4H3. The van der Waals surface area contributed by atoms with Crippen LogP contribution in [0.2, 0.25) is 0 Å². The van der Waals surface area contributed by atoms with Gasteiger partial charge in [-0.15, -0.1) is 0 Å². The van der Waals surface area contributed by atoms with Crippen molar-refractivity contribution in [3.63, 3.8) is 0 Å². The van der Waals surface area contributed by atoms with Gasteiger partial charge in [0.25, 0.3) is 0 Å². The van der Waals surface area contributed by atoms with E-state index in [2.05, 4.69) is 56.5 Å². The van der Waals surface area contributed by atoms with Crippen LogP contribution in [-0.4, -0.2) is 9.55 Å². The van der Waals surface area contributed by atoms with Crippen LogP contribution < -0.4 is 0 Å². The van der Waals surface area contributed by atoms with Crippen molar-refractivity contribution < 1.29 is 0 Å². The van der Waals surface area contributed by atoms with Gasteiger partial charge in [-0.3, -0.25) is 0 Å². The molecule has 92 valence electrons. The highest BCUT2D eigenvalue weighted by Gasteiger charge is 2.17. The van der Waals surface area contributed by atoms with Gasteiger partial charge in [0.15, 0.2) is 0 Å². The molecule has 0 radical (unpaired) electrons. The molecule has 0 aliphatic rings. The number of hydrogen-bond donors (Lipinski definition) is 0. The smallest absolute Gasteiger partial charge is 0.110 e. The lowest BCUT2D eigenvalue weighted by Gasteiger charge is -2.18. The topological polar surface area (TPSA) is 17.8 Å². The number of aryl methyl sites for hydroxylation is 1. The molecule has 0 unspecified atom stereocenters. The molecule has 0 fully saturated rings. The van der Waals surface area contributed by atoms with Gasteiger partial charge in [0.1, 0.15) is 5.82 Å². The highest BCUT2D eigenvalue weighted by molar-refractivity contribution is 5.75. The molecule has 0 saturated heterocycles.